The number of benzene rings is 1. The molecule has 0 aliphatic rings. The normalized spacial score (nSPS) is 14.3. The lowest BCUT2D eigenvalue weighted by Crippen LogP contribution is -2.08. The fourth-order valence-electron chi connectivity index (χ4n) is 1.85. The molecule has 2 rings (SSSR count). The molecule has 2 aromatic rings. The van der Waals surface area contributed by atoms with Gasteiger partial charge in [0.15, 0.2) is 0 Å². The van der Waals surface area contributed by atoms with Crippen LogP contribution in [-0.4, -0.2) is 23.9 Å². The van der Waals surface area contributed by atoms with Gasteiger partial charge in [-0.3, -0.25) is 0 Å². The van der Waals surface area contributed by atoms with Crippen molar-refractivity contribution in [3.63, 3.8) is 0 Å². The van der Waals surface area contributed by atoms with Gasteiger partial charge in [0.25, 0.3) is 10.0 Å². The second kappa shape index (κ2) is 6.32. The largest absolute Gasteiger partial charge is 0.290 e. The third kappa shape index (κ3) is 4.80. The summed E-state index contributed by atoms with van der Waals surface area (Å²) in [4.78, 5) is 3.29. The van der Waals surface area contributed by atoms with Crippen molar-refractivity contribution in [1.82, 2.24) is 4.98 Å². The first-order valence-electron chi connectivity index (χ1n) is 6.42. The summed E-state index contributed by atoms with van der Waals surface area (Å²) < 4.78 is 66.3. The van der Waals surface area contributed by atoms with Crippen molar-refractivity contribution in [1.29, 1.82) is 0 Å². The Morgan fingerprint density at radius 2 is 1.70 bits per heavy atom. The van der Waals surface area contributed by atoms with Gasteiger partial charge in [0.1, 0.15) is 5.82 Å². The van der Waals surface area contributed by atoms with E-state index in [0.29, 0.717) is 6.07 Å². The van der Waals surface area contributed by atoms with E-state index in [1.165, 1.54) is 12.1 Å². The van der Waals surface area contributed by atoms with Gasteiger partial charge in [-0.2, -0.15) is 12.8 Å². The maximum Gasteiger partial charge on any atom is 0.290 e. The number of pyridine rings is 1. The molecular formula is C14H14F2N2O3S2. The first-order chi connectivity index (χ1) is 10.6. The standard InChI is InChI=1S/C14H14F2N2O3S2/c1-10-3-5-13(6-4-10)23(20,21)18-22(2,19)9-12-7-11(15)8-14(16)17-12/h3-8H,9H2,1-2H3. The highest BCUT2D eigenvalue weighted by molar-refractivity contribution is 8.02. The van der Waals surface area contributed by atoms with Gasteiger partial charge in [0.2, 0.25) is 5.95 Å². The van der Waals surface area contributed by atoms with Crippen LogP contribution >= 0.6 is 0 Å². The lowest BCUT2D eigenvalue weighted by molar-refractivity contribution is 0.547. The Morgan fingerprint density at radius 3 is 2.26 bits per heavy atom. The third-order valence-electron chi connectivity index (χ3n) is 2.80. The molecule has 9 heteroatoms. The van der Waals surface area contributed by atoms with Gasteiger partial charge in [-0.15, -0.1) is 3.77 Å². The SMILES string of the molecule is Cc1ccc(S(=O)(=O)N=S(C)(=O)Cc2cc(F)cc(F)n2)cc1. The molecule has 0 aliphatic heterocycles. The molecule has 1 aromatic heterocycles. The van der Waals surface area contributed by atoms with Crippen molar-refractivity contribution in [2.24, 2.45) is 3.77 Å². The van der Waals surface area contributed by atoms with Crippen LogP contribution in [0.2, 0.25) is 0 Å². The van der Waals surface area contributed by atoms with Crippen molar-refractivity contribution >= 4 is 19.8 Å². The van der Waals surface area contributed by atoms with E-state index in [9.17, 15) is 21.4 Å². The second-order valence-corrected chi connectivity index (χ2v) is 9.29. The zero-order valence-electron chi connectivity index (χ0n) is 12.4. The van der Waals surface area contributed by atoms with Gasteiger partial charge in [-0.25, -0.2) is 13.6 Å². The highest BCUT2D eigenvalue weighted by Crippen LogP contribution is 2.17. The first-order valence-corrected chi connectivity index (χ1v) is 9.95. The van der Waals surface area contributed by atoms with Crippen LogP contribution in [0, 0.1) is 18.7 Å². The van der Waals surface area contributed by atoms with E-state index in [-0.39, 0.29) is 10.6 Å². The van der Waals surface area contributed by atoms with Crippen molar-refractivity contribution in [3.05, 3.63) is 59.4 Å². The molecule has 0 aliphatic carbocycles. The van der Waals surface area contributed by atoms with E-state index in [0.717, 1.165) is 17.9 Å². The number of halogens is 2. The van der Waals surface area contributed by atoms with Crippen LogP contribution < -0.4 is 0 Å². The van der Waals surface area contributed by atoms with Gasteiger partial charge in [0, 0.05) is 12.3 Å². The Hall–Kier alpha value is -1.87. The topological polar surface area (TPSA) is 76.5 Å². The first kappa shape index (κ1) is 17.5. The predicted molar refractivity (Wildman–Crippen MR) is 82.7 cm³/mol. The minimum Gasteiger partial charge on any atom is -0.249 e. The Bertz CT molecular complexity index is 928. The summed E-state index contributed by atoms with van der Waals surface area (Å²) in [6.07, 6.45) is 1.10. The van der Waals surface area contributed by atoms with E-state index >= 15 is 0 Å². The van der Waals surface area contributed by atoms with Crippen molar-refractivity contribution in [2.45, 2.75) is 17.6 Å². The van der Waals surface area contributed by atoms with E-state index < -0.39 is 37.3 Å². The average molecular weight is 360 g/mol. The predicted octanol–water partition coefficient (Wildman–Crippen LogP) is 2.65. The summed E-state index contributed by atoms with van der Waals surface area (Å²) >= 11 is 0. The molecule has 23 heavy (non-hydrogen) atoms. The summed E-state index contributed by atoms with van der Waals surface area (Å²) in [5, 5.41) is 0. The fourth-order valence-corrected chi connectivity index (χ4v) is 5.24. The number of aromatic nitrogens is 1. The number of hydrogen-bond donors (Lipinski definition) is 0. The molecule has 0 radical (unpaired) electrons. The van der Waals surface area contributed by atoms with Crippen LogP contribution in [0.1, 0.15) is 11.3 Å². The van der Waals surface area contributed by atoms with Crippen molar-refractivity contribution < 1.29 is 21.4 Å². The Kier molecular flexibility index (Phi) is 4.81. The molecule has 1 aromatic carbocycles. The van der Waals surface area contributed by atoms with Gasteiger partial charge >= 0.3 is 0 Å². The van der Waals surface area contributed by atoms with Crippen LogP contribution in [0.15, 0.2) is 45.1 Å². The molecule has 124 valence electrons. The highest BCUT2D eigenvalue weighted by atomic mass is 32.3. The van der Waals surface area contributed by atoms with E-state index in [4.69, 9.17) is 0 Å². The van der Waals surface area contributed by atoms with Crippen molar-refractivity contribution in [2.75, 3.05) is 6.26 Å². The molecule has 0 N–H and O–H groups in total. The van der Waals surface area contributed by atoms with E-state index in [2.05, 4.69) is 8.75 Å². The molecule has 0 saturated carbocycles. The van der Waals surface area contributed by atoms with Crippen molar-refractivity contribution in [3.8, 4) is 0 Å². The lowest BCUT2D eigenvalue weighted by atomic mass is 10.2. The van der Waals surface area contributed by atoms with Crippen LogP contribution in [-0.2, 0) is 25.5 Å². The van der Waals surface area contributed by atoms with Crippen LogP contribution in [0.5, 0.6) is 0 Å². The molecule has 0 bridgehead atoms. The molecule has 0 spiro atoms. The number of sulfonamides is 1. The maximum absolute atomic E-state index is 13.1. The summed E-state index contributed by atoms with van der Waals surface area (Å²) in [6.45, 7) is 1.79. The van der Waals surface area contributed by atoms with Crippen LogP contribution in [0.3, 0.4) is 0 Å². The Balaban J connectivity index is 2.39. The van der Waals surface area contributed by atoms with Gasteiger partial charge in [0.05, 0.1) is 26.1 Å². The highest BCUT2D eigenvalue weighted by Gasteiger charge is 2.17. The molecule has 0 saturated heterocycles. The Morgan fingerprint density at radius 1 is 1.09 bits per heavy atom. The summed E-state index contributed by atoms with van der Waals surface area (Å²) in [6, 6.07) is 7.34. The van der Waals surface area contributed by atoms with Gasteiger partial charge in [-0.1, -0.05) is 17.7 Å². The third-order valence-corrected chi connectivity index (χ3v) is 6.55. The molecule has 0 fully saturated rings. The lowest BCUT2D eigenvalue weighted by Gasteiger charge is -2.05. The molecule has 1 heterocycles. The molecule has 5 nitrogen and oxygen atoms in total. The number of hydrogen-bond acceptors (Lipinski definition) is 4. The summed E-state index contributed by atoms with van der Waals surface area (Å²) in [5.74, 6) is -2.44. The Labute approximate surface area is 133 Å². The summed E-state index contributed by atoms with van der Waals surface area (Å²) in [7, 11) is -7.43. The smallest absolute Gasteiger partial charge is 0.249 e. The number of aryl methyl sites for hydroxylation is 1. The van der Waals surface area contributed by atoms with Crippen LogP contribution in [0.25, 0.3) is 0 Å². The van der Waals surface area contributed by atoms with Crippen LogP contribution in [0.4, 0.5) is 8.78 Å². The number of nitrogens with zero attached hydrogens (tertiary/aromatic N) is 2. The molecular weight excluding hydrogens is 346 g/mol. The average Bonchev–Trinajstić information content (AvgIpc) is 2.35. The number of rotatable bonds is 4. The summed E-state index contributed by atoms with van der Waals surface area (Å²) in [5.41, 5.74) is 0.693. The van der Waals surface area contributed by atoms with E-state index in [1.54, 1.807) is 19.1 Å². The molecule has 0 amide bonds. The minimum atomic E-state index is -4.14. The van der Waals surface area contributed by atoms with Gasteiger partial charge in [-0.05, 0) is 25.1 Å². The van der Waals surface area contributed by atoms with Gasteiger partial charge < -0.3 is 0 Å². The maximum atomic E-state index is 13.1. The molecule has 1 atom stereocenters. The zero-order chi connectivity index (χ0) is 17.3. The minimum absolute atomic E-state index is 0.101. The van der Waals surface area contributed by atoms with E-state index in [1.807, 2.05) is 0 Å². The second-order valence-electron chi connectivity index (χ2n) is 5.07. The molecule has 1 unspecified atom stereocenters. The monoisotopic (exact) mass is 360 g/mol. The quantitative estimate of drug-likeness (QED) is 0.786. The zero-order valence-corrected chi connectivity index (χ0v) is 14.0. The fraction of sp³-hybridized carbons (Fsp3) is 0.214.